The molecule has 0 spiro atoms. The van der Waals surface area contributed by atoms with Gasteiger partial charge in [0, 0.05) is 11.6 Å². The van der Waals surface area contributed by atoms with Gasteiger partial charge in [0.05, 0.1) is 4.92 Å². The lowest BCUT2D eigenvalue weighted by Crippen LogP contribution is -1.97. The van der Waals surface area contributed by atoms with Crippen LogP contribution in [0.3, 0.4) is 0 Å². The zero-order valence-corrected chi connectivity index (χ0v) is 6.44. The molecule has 0 saturated heterocycles. The minimum Gasteiger partial charge on any atom is -0.508 e. The molecule has 0 amide bonds. The third-order valence-electron chi connectivity index (χ3n) is 1.66. The first-order valence-electron chi connectivity index (χ1n) is 3.26. The van der Waals surface area contributed by atoms with Gasteiger partial charge in [-0.05, 0) is 13.0 Å². The normalized spacial score (nSPS) is 9.75. The van der Waals surface area contributed by atoms with E-state index in [1.807, 2.05) is 0 Å². The van der Waals surface area contributed by atoms with Crippen molar-refractivity contribution in [2.24, 2.45) is 0 Å². The van der Waals surface area contributed by atoms with E-state index < -0.39 is 4.92 Å². The minimum atomic E-state index is -0.582. The Morgan fingerprint density at radius 3 is 2.67 bits per heavy atom. The highest BCUT2D eigenvalue weighted by Crippen LogP contribution is 2.30. The number of anilines is 1. The van der Waals surface area contributed by atoms with Crippen LogP contribution in [0.5, 0.6) is 5.75 Å². The molecule has 0 heterocycles. The number of hydrogen-bond acceptors (Lipinski definition) is 4. The second kappa shape index (κ2) is 2.69. The van der Waals surface area contributed by atoms with Crippen LogP contribution in [-0.4, -0.2) is 10.0 Å². The molecule has 1 aromatic rings. The first-order chi connectivity index (χ1) is 5.54. The summed E-state index contributed by atoms with van der Waals surface area (Å²) in [5.41, 5.74) is 5.56. The summed E-state index contributed by atoms with van der Waals surface area (Å²) in [7, 11) is 0. The van der Waals surface area contributed by atoms with Crippen molar-refractivity contribution in [2.75, 3.05) is 5.73 Å². The van der Waals surface area contributed by atoms with Gasteiger partial charge in [0.15, 0.2) is 0 Å². The fourth-order valence-electron chi connectivity index (χ4n) is 0.862. The summed E-state index contributed by atoms with van der Waals surface area (Å²) in [5.74, 6) is -0.0295. The Kier molecular flexibility index (Phi) is 1.86. The molecular weight excluding hydrogens is 160 g/mol. The van der Waals surface area contributed by atoms with Crippen molar-refractivity contribution in [2.45, 2.75) is 6.92 Å². The summed E-state index contributed by atoms with van der Waals surface area (Å²) in [6, 6.07) is 2.43. The minimum absolute atomic E-state index is 0.0139. The summed E-state index contributed by atoms with van der Waals surface area (Å²) in [5, 5.41) is 19.4. The molecule has 1 aromatic carbocycles. The van der Waals surface area contributed by atoms with Crippen LogP contribution in [0.4, 0.5) is 11.4 Å². The first-order valence-corrected chi connectivity index (χ1v) is 3.26. The fourth-order valence-corrected chi connectivity index (χ4v) is 0.862. The monoisotopic (exact) mass is 168 g/mol. The highest BCUT2D eigenvalue weighted by Gasteiger charge is 2.14. The molecule has 0 aliphatic heterocycles. The second-order valence-electron chi connectivity index (χ2n) is 2.40. The number of benzene rings is 1. The van der Waals surface area contributed by atoms with Crippen LogP contribution in [0.15, 0.2) is 12.1 Å². The number of nitrogen functional groups attached to an aromatic ring is 1. The number of nitro benzene ring substituents is 1. The van der Waals surface area contributed by atoms with E-state index in [1.54, 1.807) is 0 Å². The van der Waals surface area contributed by atoms with E-state index in [2.05, 4.69) is 0 Å². The molecule has 0 aliphatic carbocycles. The summed E-state index contributed by atoms with van der Waals surface area (Å²) in [6.45, 7) is 1.53. The lowest BCUT2D eigenvalue weighted by atomic mass is 10.1. The molecule has 0 aliphatic rings. The highest BCUT2D eigenvalue weighted by molar-refractivity contribution is 5.66. The maximum Gasteiger partial charge on any atom is 0.292 e. The van der Waals surface area contributed by atoms with Crippen molar-refractivity contribution in [1.82, 2.24) is 0 Å². The smallest absolute Gasteiger partial charge is 0.292 e. The molecule has 5 nitrogen and oxygen atoms in total. The van der Waals surface area contributed by atoms with Crippen molar-refractivity contribution >= 4 is 11.4 Å². The van der Waals surface area contributed by atoms with E-state index in [-0.39, 0.29) is 17.1 Å². The lowest BCUT2D eigenvalue weighted by molar-refractivity contribution is -0.383. The van der Waals surface area contributed by atoms with Gasteiger partial charge in [-0.3, -0.25) is 10.1 Å². The van der Waals surface area contributed by atoms with Crippen molar-refractivity contribution in [3.8, 4) is 5.75 Å². The number of phenolic OH excluding ortho intramolecular Hbond substituents is 1. The molecule has 0 atom stereocenters. The van der Waals surface area contributed by atoms with Gasteiger partial charge < -0.3 is 10.8 Å². The summed E-state index contributed by atoms with van der Waals surface area (Å²) in [4.78, 5) is 9.75. The molecule has 3 N–H and O–H groups in total. The van der Waals surface area contributed by atoms with Crippen molar-refractivity contribution < 1.29 is 10.0 Å². The highest BCUT2D eigenvalue weighted by atomic mass is 16.6. The molecule has 64 valence electrons. The van der Waals surface area contributed by atoms with Gasteiger partial charge in [0.2, 0.25) is 0 Å². The van der Waals surface area contributed by atoms with Crippen LogP contribution >= 0.6 is 0 Å². The number of hydrogen-bond donors (Lipinski definition) is 2. The predicted octanol–water partition coefficient (Wildman–Crippen LogP) is 1.19. The number of rotatable bonds is 1. The lowest BCUT2D eigenvalue weighted by Gasteiger charge is -2.02. The number of aromatic hydroxyl groups is 1. The van der Waals surface area contributed by atoms with Gasteiger partial charge in [-0.15, -0.1) is 0 Å². The van der Waals surface area contributed by atoms with Crippen molar-refractivity contribution in [1.29, 1.82) is 0 Å². The Morgan fingerprint density at radius 2 is 2.17 bits per heavy atom. The maximum absolute atomic E-state index is 10.3. The van der Waals surface area contributed by atoms with E-state index in [1.165, 1.54) is 19.1 Å². The van der Waals surface area contributed by atoms with Gasteiger partial charge in [0.1, 0.15) is 11.4 Å². The Hall–Kier alpha value is -1.78. The number of nitro groups is 1. The zero-order chi connectivity index (χ0) is 9.30. The summed E-state index contributed by atoms with van der Waals surface area (Å²) < 4.78 is 0. The molecule has 5 heteroatoms. The standard InChI is InChI=1S/C7H8N2O3/c1-4-6(10)3-2-5(7(4)8)9(11)12/h2-3,10H,8H2,1H3. The van der Waals surface area contributed by atoms with E-state index in [0.717, 1.165) is 0 Å². The van der Waals surface area contributed by atoms with Crippen molar-refractivity contribution in [3.05, 3.63) is 27.8 Å². The Labute approximate surface area is 68.6 Å². The van der Waals surface area contributed by atoms with Crippen LogP contribution in [0.1, 0.15) is 5.56 Å². The van der Waals surface area contributed by atoms with Gasteiger partial charge in [-0.2, -0.15) is 0 Å². The Balaban J connectivity index is 3.36. The topological polar surface area (TPSA) is 89.4 Å². The molecule has 0 unspecified atom stereocenters. The van der Waals surface area contributed by atoms with Crippen LogP contribution in [0.25, 0.3) is 0 Å². The Bertz CT molecular complexity index is 336. The van der Waals surface area contributed by atoms with Gasteiger partial charge in [0.25, 0.3) is 5.69 Å². The van der Waals surface area contributed by atoms with Crippen LogP contribution in [0, 0.1) is 17.0 Å². The predicted molar refractivity (Wildman–Crippen MR) is 43.9 cm³/mol. The molecule has 0 radical (unpaired) electrons. The molecule has 0 fully saturated rings. The quantitative estimate of drug-likeness (QED) is 0.374. The van der Waals surface area contributed by atoms with Gasteiger partial charge in [-0.1, -0.05) is 0 Å². The summed E-state index contributed by atoms with van der Waals surface area (Å²) >= 11 is 0. The second-order valence-corrected chi connectivity index (χ2v) is 2.40. The average molecular weight is 168 g/mol. The molecule has 0 saturated carbocycles. The van der Waals surface area contributed by atoms with E-state index in [0.29, 0.717) is 5.56 Å². The van der Waals surface area contributed by atoms with Crippen LogP contribution < -0.4 is 5.73 Å². The SMILES string of the molecule is Cc1c(O)ccc([N+](=O)[O-])c1N. The van der Waals surface area contributed by atoms with E-state index in [4.69, 9.17) is 10.8 Å². The molecule has 0 aromatic heterocycles. The first kappa shape index (κ1) is 8.32. The number of nitrogens with zero attached hydrogens (tertiary/aromatic N) is 1. The molecule has 0 bridgehead atoms. The number of nitrogens with two attached hydrogens (primary N) is 1. The van der Waals surface area contributed by atoms with E-state index >= 15 is 0 Å². The van der Waals surface area contributed by atoms with Crippen molar-refractivity contribution in [3.63, 3.8) is 0 Å². The van der Waals surface area contributed by atoms with Crippen LogP contribution in [0.2, 0.25) is 0 Å². The largest absolute Gasteiger partial charge is 0.508 e. The molecular formula is C7H8N2O3. The molecule has 12 heavy (non-hydrogen) atoms. The fraction of sp³-hybridized carbons (Fsp3) is 0.143. The average Bonchev–Trinajstić information content (AvgIpc) is 2.00. The van der Waals surface area contributed by atoms with Gasteiger partial charge in [-0.25, -0.2) is 0 Å². The van der Waals surface area contributed by atoms with Crippen LogP contribution in [-0.2, 0) is 0 Å². The zero-order valence-electron chi connectivity index (χ0n) is 6.44. The van der Waals surface area contributed by atoms with E-state index in [9.17, 15) is 10.1 Å². The Morgan fingerprint density at radius 1 is 1.58 bits per heavy atom. The third-order valence-corrected chi connectivity index (χ3v) is 1.66. The maximum atomic E-state index is 10.3. The number of phenols is 1. The summed E-state index contributed by atoms with van der Waals surface area (Å²) in [6.07, 6.45) is 0. The van der Waals surface area contributed by atoms with Gasteiger partial charge >= 0.3 is 0 Å². The third kappa shape index (κ3) is 1.16. The molecule has 1 rings (SSSR count).